The van der Waals surface area contributed by atoms with Crippen molar-refractivity contribution in [2.24, 2.45) is 5.90 Å². The maximum absolute atomic E-state index is 10.8. The summed E-state index contributed by atoms with van der Waals surface area (Å²) in [6.45, 7) is 2.28. The number of allylic oxidation sites excluding steroid dienone is 1. The highest BCUT2D eigenvalue weighted by Crippen LogP contribution is 2.14. The van der Waals surface area contributed by atoms with Crippen LogP contribution in [-0.2, 0) is 9.63 Å². The standard InChI is InChI=1S/C22H43NO2/c1-2-3-4-5-6-7-8-9-10-11-12-13-14-15-16-17-18-19-20-21-22(24)25-23/h20-21H,2-19,23H2,1H3/b21-20+. The Kier molecular flexibility index (Phi) is 20.5. The summed E-state index contributed by atoms with van der Waals surface area (Å²) < 4.78 is 0. The molecule has 0 aliphatic heterocycles. The van der Waals surface area contributed by atoms with Gasteiger partial charge >= 0.3 is 5.97 Å². The second-order valence-electron chi connectivity index (χ2n) is 7.28. The van der Waals surface area contributed by atoms with Crippen molar-refractivity contribution in [3.63, 3.8) is 0 Å². The Labute approximate surface area is 156 Å². The van der Waals surface area contributed by atoms with Gasteiger partial charge in [0.15, 0.2) is 0 Å². The molecule has 0 aromatic carbocycles. The van der Waals surface area contributed by atoms with Gasteiger partial charge in [0.25, 0.3) is 0 Å². The summed E-state index contributed by atoms with van der Waals surface area (Å²) in [5.74, 6) is 4.29. The average Bonchev–Trinajstić information content (AvgIpc) is 2.63. The number of hydrogen-bond donors (Lipinski definition) is 1. The van der Waals surface area contributed by atoms with Crippen LogP contribution in [0.4, 0.5) is 0 Å². The Morgan fingerprint density at radius 1 is 0.680 bits per heavy atom. The molecule has 0 fully saturated rings. The van der Waals surface area contributed by atoms with Crippen molar-refractivity contribution in [2.75, 3.05) is 0 Å². The topological polar surface area (TPSA) is 52.3 Å². The molecular formula is C22H43NO2. The van der Waals surface area contributed by atoms with Gasteiger partial charge in [-0.25, -0.2) is 4.79 Å². The minimum atomic E-state index is -0.466. The molecule has 0 saturated carbocycles. The van der Waals surface area contributed by atoms with E-state index in [9.17, 15) is 4.79 Å². The van der Waals surface area contributed by atoms with E-state index in [1.165, 1.54) is 109 Å². The van der Waals surface area contributed by atoms with Crippen molar-refractivity contribution in [3.05, 3.63) is 12.2 Å². The molecule has 0 aromatic heterocycles. The lowest BCUT2D eigenvalue weighted by molar-refractivity contribution is -0.138. The van der Waals surface area contributed by atoms with Gasteiger partial charge in [-0.2, -0.15) is 5.90 Å². The van der Waals surface area contributed by atoms with E-state index in [4.69, 9.17) is 5.90 Å². The first kappa shape index (κ1) is 24.2. The maximum atomic E-state index is 10.8. The first-order valence-corrected chi connectivity index (χ1v) is 10.9. The van der Waals surface area contributed by atoms with Crippen LogP contribution in [0.2, 0.25) is 0 Å². The van der Waals surface area contributed by atoms with Gasteiger partial charge in [0.05, 0.1) is 0 Å². The average molecular weight is 354 g/mol. The summed E-state index contributed by atoms with van der Waals surface area (Å²) in [7, 11) is 0. The van der Waals surface area contributed by atoms with E-state index in [-0.39, 0.29) is 0 Å². The molecule has 0 amide bonds. The number of rotatable bonds is 19. The van der Waals surface area contributed by atoms with Gasteiger partial charge in [-0.15, -0.1) is 0 Å². The molecular weight excluding hydrogens is 310 g/mol. The van der Waals surface area contributed by atoms with Crippen LogP contribution in [-0.4, -0.2) is 5.97 Å². The maximum Gasteiger partial charge on any atom is 0.348 e. The van der Waals surface area contributed by atoms with Crippen LogP contribution in [0, 0.1) is 0 Å². The lowest BCUT2D eigenvalue weighted by Crippen LogP contribution is -2.05. The second-order valence-corrected chi connectivity index (χ2v) is 7.28. The summed E-state index contributed by atoms with van der Waals surface area (Å²) in [5, 5.41) is 0. The molecule has 0 saturated heterocycles. The van der Waals surface area contributed by atoms with Gasteiger partial charge in [0.2, 0.25) is 0 Å². The van der Waals surface area contributed by atoms with E-state index in [0.717, 1.165) is 12.8 Å². The lowest BCUT2D eigenvalue weighted by atomic mass is 10.0. The van der Waals surface area contributed by atoms with Gasteiger partial charge in [-0.3, -0.25) is 0 Å². The van der Waals surface area contributed by atoms with E-state index in [0.29, 0.717) is 0 Å². The summed E-state index contributed by atoms with van der Waals surface area (Å²) >= 11 is 0. The van der Waals surface area contributed by atoms with Gasteiger partial charge in [0.1, 0.15) is 0 Å². The molecule has 0 bridgehead atoms. The Balaban J connectivity index is 3.05. The van der Waals surface area contributed by atoms with Crippen molar-refractivity contribution in [1.82, 2.24) is 0 Å². The third-order valence-electron chi connectivity index (χ3n) is 4.84. The predicted octanol–water partition coefficient (Wildman–Crippen LogP) is 7.00. The first-order chi connectivity index (χ1) is 12.3. The Morgan fingerprint density at radius 3 is 1.40 bits per heavy atom. The van der Waals surface area contributed by atoms with Crippen LogP contribution in [0.5, 0.6) is 0 Å². The smallest absolute Gasteiger partial charge is 0.348 e. The summed E-state index contributed by atoms with van der Waals surface area (Å²) in [5.41, 5.74) is 0. The number of nitrogens with two attached hydrogens (primary N) is 1. The number of carbonyl (C=O) groups excluding carboxylic acids is 1. The molecule has 0 heterocycles. The summed E-state index contributed by atoms with van der Waals surface area (Å²) in [4.78, 5) is 14.8. The lowest BCUT2D eigenvalue weighted by Gasteiger charge is -2.03. The zero-order valence-corrected chi connectivity index (χ0v) is 16.8. The monoisotopic (exact) mass is 353 g/mol. The van der Waals surface area contributed by atoms with Gasteiger partial charge in [-0.1, -0.05) is 116 Å². The largest absolute Gasteiger partial charge is 0.370 e. The van der Waals surface area contributed by atoms with E-state index in [1.54, 1.807) is 0 Å². The molecule has 2 N–H and O–H groups in total. The SMILES string of the molecule is CCCCCCCCCCCCCCCCCCC/C=C/C(=O)ON. The molecule has 3 heteroatoms. The molecule has 0 atom stereocenters. The van der Waals surface area contributed by atoms with E-state index in [1.807, 2.05) is 6.08 Å². The Bertz CT molecular complexity index is 302. The quantitative estimate of drug-likeness (QED) is 0.154. The van der Waals surface area contributed by atoms with E-state index in [2.05, 4.69) is 11.8 Å². The molecule has 25 heavy (non-hydrogen) atoms. The van der Waals surface area contributed by atoms with Crippen molar-refractivity contribution in [3.8, 4) is 0 Å². The van der Waals surface area contributed by atoms with Crippen molar-refractivity contribution in [1.29, 1.82) is 0 Å². The third kappa shape index (κ3) is 21.1. The predicted molar refractivity (Wildman–Crippen MR) is 108 cm³/mol. The van der Waals surface area contributed by atoms with Crippen LogP contribution in [0.1, 0.15) is 122 Å². The van der Waals surface area contributed by atoms with Crippen LogP contribution in [0.15, 0.2) is 12.2 Å². The van der Waals surface area contributed by atoms with Gasteiger partial charge < -0.3 is 4.84 Å². The van der Waals surface area contributed by atoms with Gasteiger partial charge in [0, 0.05) is 6.08 Å². The fraction of sp³-hybridized carbons (Fsp3) is 0.864. The molecule has 0 rings (SSSR count). The zero-order valence-electron chi connectivity index (χ0n) is 16.8. The van der Waals surface area contributed by atoms with Crippen molar-refractivity contribution >= 4 is 5.97 Å². The first-order valence-electron chi connectivity index (χ1n) is 10.9. The Hall–Kier alpha value is -0.830. The zero-order chi connectivity index (χ0) is 18.4. The second kappa shape index (κ2) is 21.2. The molecule has 0 aliphatic carbocycles. The highest BCUT2D eigenvalue weighted by molar-refractivity contribution is 5.81. The molecule has 0 unspecified atom stereocenters. The molecule has 0 radical (unpaired) electrons. The van der Waals surface area contributed by atoms with Crippen LogP contribution in [0.25, 0.3) is 0 Å². The molecule has 0 spiro atoms. The minimum absolute atomic E-state index is 0.466. The molecule has 148 valence electrons. The Morgan fingerprint density at radius 2 is 1.04 bits per heavy atom. The normalized spacial score (nSPS) is 11.3. The third-order valence-corrected chi connectivity index (χ3v) is 4.84. The highest BCUT2D eigenvalue weighted by Gasteiger charge is 1.95. The molecule has 3 nitrogen and oxygen atoms in total. The number of hydrogen-bond acceptors (Lipinski definition) is 3. The van der Waals surface area contributed by atoms with Gasteiger partial charge in [-0.05, 0) is 12.8 Å². The molecule has 0 aliphatic rings. The highest BCUT2D eigenvalue weighted by atomic mass is 16.7. The van der Waals surface area contributed by atoms with Crippen molar-refractivity contribution in [2.45, 2.75) is 122 Å². The van der Waals surface area contributed by atoms with Crippen LogP contribution < -0.4 is 5.90 Å². The van der Waals surface area contributed by atoms with E-state index < -0.39 is 5.97 Å². The molecule has 0 aromatic rings. The fourth-order valence-electron chi connectivity index (χ4n) is 3.21. The number of unbranched alkanes of at least 4 members (excludes halogenated alkanes) is 17. The van der Waals surface area contributed by atoms with Crippen LogP contribution >= 0.6 is 0 Å². The summed E-state index contributed by atoms with van der Waals surface area (Å²) in [6, 6.07) is 0. The van der Waals surface area contributed by atoms with E-state index >= 15 is 0 Å². The van der Waals surface area contributed by atoms with Crippen molar-refractivity contribution < 1.29 is 9.63 Å². The fourth-order valence-corrected chi connectivity index (χ4v) is 3.21. The van der Waals surface area contributed by atoms with Crippen LogP contribution in [0.3, 0.4) is 0 Å². The minimum Gasteiger partial charge on any atom is -0.370 e. The summed E-state index contributed by atoms with van der Waals surface area (Å²) in [6.07, 6.45) is 27.8. The number of carbonyl (C=O) groups is 1.